The highest BCUT2D eigenvalue weighted by Gasteiger charge is 2.08. The summed E-state index contributed by atoms with van der Waals surface area (Å²) in [6.45, 7) is 1.86. The van der Waals surface area contributed by atoms with Crippen LogP contribution in [0.5, 0.6) is 0 Å². The molecule has 28 heavy (non-hydrogen) atoms. The van der Waals surface area contributed by atoms with Gasteiger partial charge in [-0.3, -0.25) is 9.59 Å². The molecule has 0 spiro atoms. The van der Waals surface area contributed by atoms with Crippen LogP contribution >= 0.6 is 0 Å². The van der Waals surface area contributed by atoms with Crippen molar-refractivity contribution in [2.75, 3.05) is 5.75 Å². The van der Waals surface area contributed by atoms with Gasteiger partial charge in [0.05, 0.1) is 0 Å². The minimum atomic E-state index is -1.02. The van der Waals surface area contributed by atoms with Crippen LogP contribution in [0.3, 0.4) is 0 Å². The Hall–Kier alpha value is -2.83. The van der Waals surface area contributed by atoms with Crippen LogP contribution in [0, 0.1) is 0 Å². The fourth-order valence-electron chi connectivity index (χ4n) is 2.91. The summed E-state index contributed by atoms with van der Waals surface area (Å²) in [6.07, 6.45) is 3.39. The quantitative estimate of drug-likeness (QED) is 0.617. The van der Waals surface area contributed by atoms with Crippen LogP contribution in [0.2, 0.25) is 0 Å². The first-order valence-corrected chi connectivity index (χ1v) is 10.3. The molecule has 0 radical (unpaired) electrons. The average Bonchev–Trinajstić information content (AvgIpc) is 2.73. The molecule has 3 aromatic rings. The molecule has 1 heterocycles. The molecule has 3 rings (SSSR count). The van der Waals surface area contributed by atoms with E-state index in [2.05, 4.69) is 0 Å². The summed E-state index contributed by atoms with van der Waals surface area (Å²) in [6, 6.07) is 16.6. The first-order valence-electron chi connectivity index (χ1n) is 8.95. The summed E-state index contributed by atoms with van der Waals surface area (Å²) in [5.41, 5.74) is 1.11. The molecular formula is C22H22N2O3S. The molecule has 0 bridgehead atoms. The van der Waals surface area contributed by atoms with Crippen molar-refractivity contribution in [2.45, 2.75) is 11.8 Å². The predicted molar refractivity (Wildman–Crippen MR) is 113 cm³/mol. The van der Waals surface area contributed by atoms with Gasteiger partial charge >= 0.3 is 0 Å². The Morgan fingerprint density at radius 2 is 1.29 bits per heavy atom. The van der Waals surface area contributed by atoms with Crippen LogP contribution in [0.25, 0.3) is 12.2 Å². The van der Waals surface area contributed by atoms with E-state index in [1.54, 1.807) is 50.5 Å². The van der Waals surface area contributed by atoms with Gasteiger partial charge in [0, 0.05) is 14.1 Å². The molecule has 5 nitrogen and oxygen atoms in total. The molecule has 0 aliphatic heterocycles. The first-order chi connectivity index (χ1) is 13.4. The Bertz CT molecular complexity index is 1210. The third kappa shape index (κ3) is 4.03. The molecule has 0 amide bonds. The van der Waals surface area contributed by atoms with E-state index < -0.39 is 11.2 Å². The lowest BCUT2D eigenvalue weighted by Gasteiger charge is -2.08. The zero-order valence-corrected chi connectivity index (χ0v) is 16.9. The fraction of sp³-hybridized carbons (Fsp3) is 0.182. The van der Waals surface area contributed by atoms with Gasteiger partial charge in [-0.2, -0.15) is 0 Å². The van der Waals surface area contributed by atoms with Crippen LogP contribution in [-0.2, 0) is 25.3 Å². The van der Waals surface area contributed by atoms with Crippen molar-refractivity contribution in [3.05, 3.63) is 97.1 Å². The van der Waals surface area contributed by atoms with Crippen molar-refractivity contribution in [1.82, 2.24) is 9.13 Å². The van der Waals surface area contributed by atoms with E-state index in [-0.39, 0.29) is 11.1 Å². The molecule has 1 atom stereocenters. The van der Waals surface area contributed by atoms with Crippen molar-refractivity contribution >= 4 is 23.3 Å². The number of hydrogen-bond donors (Lipinski definition) is 0. The van der Waals surface area contributed by atoms with Gasteiger partial charge in [0.25, 0.3) is 11.1 Å². The summed E-state index contributed by atoms with van der Waals surface area (Å²) in [5.74, 6) is 0.553. The highest BCUT2D eigenvalue weighted by atomic mass is 32.2. The third-order valence-electron chi connectivity index (χ3n) is 4.58. The van der Waals surface area contributed by atoms with Crippen LogP contribution in [0.15, 0.2) is 69.1 Å². The molecular weight excluding hydrogens is 372 g/mol. The summed E-state index contributed by atoms with van der Waals surface area (Å²) in [7, 11) is 3.20. The lowest BCUT2D eigenvalue weighted by Crippen LogP contribution is -2.56. The monoisotopic (exact) mass is 394 g/mol. The lowest BCUT2D eigenvalue weighted by molar-refractivity contribution is 0.596. The Kier molecular flexibility index (Phi) is 6.02. The van der Waals surface area contributed by atoms with Gasteiger partial charge in [-0.05, 0) is 65.6 Å². The van der Waals surface area contributed by atoms with Crippen molar-refractivity contribution in [2.24, 2.45) is 14.1 Å². The zero-order valence-electron chi connectivity index (χ0n) is 16.1. The number of aromatic nitrogens is 2. The number of rotatable bonds is 4. The van der Waals surface area contributed by atoms with Gasteiger partial charge in [0.15, 0.2) is 4.90 Å². The Labute approximate surface area is 166 Å². The molecule has 2 aromatic carbocycles. The summed E-state index contributed by atoms with van der Waals surface area (Å²) < 4.78 is 14.6. The predicted octanol–water partition coefficient (Wildman–Crippen LogP) is 0.869. The first kappa shape index (κ1) is 19.9. The fourth-order valence-corrected chi connectivity index (χ4v) is 3.69. The van der Waals surface area contributed by atoms with E-state index in [0.717, 1.165) is 16.0 Å². The smallest absolute Gasteiger partial charge is 0.274 e. The highest BCUT2D eigenvalue weighted by Crippen LogP contribution is 2.12. The van der Waals surface area contributed by atoms with E-state index in [1.807, 2.05) is 37.3 Å². The van der Waals surface area contributed by atoms with E-state index in [0.29, 0.717) is 16.5 Å². The third-order valence-corrected chi connectivity index (χ3v) is 5.90. The number of hydrogen-bond acceptors (Lipinski definition) is 3. The van der Waals surface area contributed by atoms with Crippen molar-refractivity contribution < 1.29 is 4.55 Å². The molecule has 0 N–H and O–H groups in total. The molecule has 0 fully saturated rings. The van der Waals surface area contributed by atoms with Crippen molar-refractivity contribution in [1.29, 1.82) is 0 Å². The standard InChI is InChI=1S/C22H22N2O3S/c1-4-28(27)18-12-10-17(11-13-18)15-20-22(26)23(2)19(21(25)24(20)3)14-16-8-6-5-7-9-16/h5-15H,4H2,1-3H3/b19-14-,20-15-. The Morgan fingerprint density at radius 3 is 1.75 bits per heavy atom. The topological polar surface area (TPSA) is 67.1 Å². The largest absolute Gasteiger partial charge is 0.611 e. The van der Waals surface area contributed by atoms with Gasteiger partial charge in [0.2, 0.25) is 0 Å². The van der Waals surface area contributed by atoms with Gasteiger partial charge in [-0.15, -0.1) is 0 Å². The molecule has 0 saturated carbocycles. The van der Waals surface area contributed by atoms with Crippen LogP contribution < -0.4 is 21.8 Å². The number of nitrogens with zero attached hydrogens (tertiary/aromatic N) is 2. The second-order valence-corrected chi connectivity index (χ2v) is 8.14. The van der Waals surface area contributed by atoms with E-state index in [4.69, 9.17) is 0 Å². The van der Waals surface area contributed by atoms with E-state index in [1.165, 1.54) is 9.13 Å². The van der Waals surface area contributed by atoms with E-state index in [9.17, 15) is 14.1 Å². The molecule has 0 aliphatic rings. The highest BCUT2D eigenvalue weighted by molar-refractivity contribution is 7.91. The van der Waals surface area contributed by atoms with Gasteiger partial charge in [0.1, 0.15) is 16.5 Å². The van der Waals surface area contributed by atoms with Gasteiger partial charge in [-0.1, -0.05) is 30.3 Å². The summed E-state index contributed by atoms with van der Waals surface area (Å²) in [4.78, 5) is 26.5. The van der Waals surface area contributed by atoms with Crippen molar-refractivity contribution in [3.63, 3.8) is 0 Å². The summed E-state index contributed by atoms with van der Waals surface area (Å²) in [5, 5.41) is 0.617. The molecule has 1 aromatic heterocycles. The average molecular weight is 394 g/mol. The molecule has 0 saturated heterocycles. The number of benzene rings is 2. The van der Waals surface area contributed by atoms with Gasteiger partial charge < -0.3 is 13.7 Å². The Morgan fingerprint density at radius 1 is 0.821 bits per heavy atom. The SMILES string of the molecule is CC[S+]([O-])c1ccc(/C=c2/c(=O)n(C)/c(=C\c3ccccc3)c(=O)n2C)cc1. The second kappa shape index (κ2) is 8.46. The van der Waals surface area contributed by atoms with Gasteiger partial charge in [-0.25, -0.2) is 0 Å². The van der Waals surface area contributed by atoms with Crippen LogP contribution in [-0.4, -0.2) is 19.4 Å². The minimum absolute atomic E-state index is 0.249. The maximum absolute atomic E-state index is 12.9. The van der Waals surface area contributed by atoms with Crippen LogP contribution in [0.1, 0.15) is 18.1 Å². The van der Waals surface area contributed by atoms with E-state index >= 15 is 0 Å². The molecule has 144 valence electrons. The Balaban J connectivity index is 2.17. The zero-order chi connectivity index (χ0) is 20.3. The maximum atomic E-state index is 12.9. The minimum Gasteiger partial charge on any atom is -0.611 e. The second-order valence-electron chi connectivity index (χ2n) is 6.40. The molecule has 1 unspecified atom stereocenters. The maximum Gasteiger partial charge on any atom is 0.274 e. The summed E-state index contributed by atoms with van der Waals surface area (Å²) >= 11 is -1.02. The lowest BCUT2D eigenvalue weighted by atomic mass is 10.2. The van der Waals surface area contributed by atoms with Crippen molar-refractivity contribution in [3.8, 4) is 0 Å². The molecule has 0 aliphatic carbocycles. The van der Waals surface area contributed by atoms with Crippen LogP contribution in [0.4, 0.5) is 0 Å². The normalized spacial score (nSPS) is 13.7. The molecule has 6 heteroatoms.